The van der Waals surface area contributed by atoms with E-state index in [0.717, 1.165) is 11.1 Å². The molecule has 1 amide bonds. The maximum absolute atomic E-state index is 12.8. The van der Waals surface area contributed by atoms with Crippen molar-refractivity contribution in [1.29, 1.82) is 0 Å². The third-order valence-corrected chi connectivity index (χ3v) is 3.23. The fourth-order valence-electron chi connectivity index (χ4n) is 2.01. The maximum Gasteiger partial charge on any atom is 0.276 e. The van der Waals surface area contributed by atoms with Gasteiger partial charge in [-0.3, -0.25) is 15.6 Å². The molecular formula is C18H19FN2O2. The largest absolute Gasteiger partial charge is 0.483 e. The monoisotopic (exact) mass is 314 g/mol. The Morgan fingerprint density at radius 2 is 1.83 bits per heavy atom. The molecule has 2 N–H and O–H groups in total. The molecule has 0 fully saturated rings. The minimum atomic E-state index is -0.340. The van der Waals surface area contributed by atoms with Gasteiger partial charge < -0.3 is 4.74 Å². The van der Waals surface area contributed by atoms with E-state index in [1.807, 2.05) is 32.0 Å². The lowest BCUT2D eigenvalue weighted by Gasteiger charge is -2.13. The second kappa shape index (κ2) is 7.45. The Morgan fingerprint density at radius 1 is 1.13 bits per heavy atom. The highest BCUT2D eigenvalue weighted by atomic mass is 19.1. The van der Waals surface area contributed by atoms with E-state index in [4.69, 9.17) is 4.74 Å². The minimum absolute atomic E-state index is 0.117. The Hall–Kier alpha value is -2.82. The smallest absolute Gasteiger partial charge is 0.276 e. The summed E-state index contributed by atoms with van der Waals surface area (Å²) in [6.07, 6.45) is 0. The van der Waals surface area contributed by atoms with Crippen LogP contribution in [-0.2, 0) is 4.79 Å². The van der Waals surface area contributed by atoms with Crippen molar-refractivity contribution in [1.82, 2.24) is 10.9 Å². The number of halogens is 1. The number of rotatable bonds is 6. The van der Waals surface area contributed by atoms with Crippen LogP contribution in [0.5, 0.6) is 5.75 Å². The molecule has 0 aliphatic heterocycles. The number of nitrogens with one attached hydrogen (secondary N) is 2. The average molecular weight is 314 g/mol. The van der Waals surface area contributed by atoms with Crippen LogP contribution in [-0.4, -0.2) is 12.5 Å². The van der Waals surface area contributed by atoms with Crippen molar-refractivity contribution in [2.45, 2.75) is 13.8 Å². The van der Waals surface area contributed by atoms with Crippen LogP contribution in [0, 0.1) is 19.7 Å². The molecule has 2 aromatic rings. The number of carbonyl (C=O) groups is 1. The summed E-state index contributed by atoms with van der Waals surface area (Å²) < 4.78 is 18.3. The molecule has 4 nitrogen and oxygen atoms in total. The molecule has 0 aliphatic carbocycles. The van der Waals surface area contributed by atoms with Gasteiger partial charge in [-0.2, -0.15) is 0 Å². The molecule has 0 aromatic heterocycles. The molecule has 0 heterocycles. The summed E-state index contributed by atoms with van der Waals surface area (Å²) in [6, 6.07) is 11.5. The number of carbonyl (C=O) groups excluding carboxylic acids is 1. The van der Waals surface area contributed by atoms with Crippen molar-refractivity contribution in [3.63, 3.8) is 0 Å². The second-order valence-corrected chi connectivity index (χ2v) is 5.22. The van der Waals surface area contributed by atoms with E-state index in [2.05, 4.69) is 17.4 Å². The quantitative estimate of drug-likeness (QED) is 0.806. The number of amides is 1. The number of aryl methyl sites for hydroxylation is 2. The standard InChI is InChI=1S/C18H19FN2O2/c1-12-4-9-17(13(2)10-12)23-11-18(22)21-20-14(3)15-5-7-16(19)8-6-15/h4-10,20H,3,11H2,1-2H3,(H,21,22). The number of hydrogen-bond donors (Lipinski definition) is 2. The van der Waals surface area contributed by atoms with Gasteiger partial charge in [0.05, 0.1) is 5.70 Å². The molecule has 5 heteroatoms. The predicted molar refractivity (Wildman–Crippen MR) is 88.1 cm³/mol. The summed E-state index contributed by atoms with van der Waals surface area (Å²) in [6.45, 7) is 7.58. The summed E-state index contributed by atoms with van der Waals surface area (Å²) in [4.78, 5) is 11.8. The van der Waals surface area contributed by atoms with Gasteiger partial charge in [0.25, 0.3) is 5.91 Å². The SMILES string of the molecule is C=C(NNC(=O)COc1ccc(C)cc1C)c1ccc(F)cc1. The first-order valence-corrected chi connectivity index (χ1v) is 7.15. The maximum atomic E-state index is 12.8. The number of benzene rings is 2. The van der Waals surface area contributed by atoms with E-state index in [1.165, 1.54) is 12.1 Å². The van der Waals surface area contributed by atoms with Crippen molar-refractivity contribution >= 4 is 11.6 Å². The van der Waals surface area contributed by atoms with E-state index < -0.39 is 0 Å². The molecule has 2 rings (SSSR count). The van der Waals surface area contributed by atoms with Crippen molar-refractivity contribution in [2.24, 2.45) is 0 Å². The Balaban J connectivity index is 1.81. The average Bonchev–Trinajstić information content (AvgIpc) is 2.52. The lowest BCUT2D eigenvalue weighted by atomic mass is 10.1. The van der Waals surface area contributed by atoms with Crippen LogP contribution < -0.4 is 15.6 Å². The fourth-order valence-corrected chi connectivity index (χ4v) is 2.01. The summed E-state index contributed by atoms with van der Waals surface area (Å²) in [5.74, 6) is 0.00352. The lowest BCUT2D eigenvalue weighted by molar-refractivity contribution is -0.123. The van der Waals surface area contributed by atoms with E-state index in [0.29, 0.717) is 17.0 Å². The molecule has 0 atom stereocenters. The van der Waals surface area contributed by atoms with Crippen molar-refractivity contribution < 1.29 is 13.9 Å². The molecule has 23 heavy (non-hydrogen) atoms. The molecule has 0 saturated carbocycles. The molecule has 0 aliphatic rings. The van der Waals surface area contributed by atoms with Gasteiger partial charge in [0, 0.05) is 0 Å². The van der Waals surface area contributed by atoms with Gasteiger partial charge in [0.2, 0.25) is 0 Å². The third kappa shape index (κ3) is 4.85. The van der Waals surface area contributed by atoms with Crippen LogP contribution in [0.15, 0.2) is 49.0 Å². The van der Waals surface area contributed by atoms with Gasteiger partial charge >= 0.3 is 0 Å². The van der Waals surface area contributed by atoms with Gasteiger partial charge in [0.1, 0.15) is 11.6 Å². The van der Waals surface area contributed by atoms with Crippen molar-refractivity contribution in [3.05, 3.63) is 71.6 Å². The first kappa shape index (κ1) is 16.5. The third-order valence-electron chi connectivity index (χ3n) is 3.23. The Morgan fingerprint density at radius 3 is 2.48 bits per heavy atom. The first-order valence-electron chi connectivity index (χ1n) is 7.15. The summed E-state index contributed by atoms with van der Waals surface area (Å²) >= 11 is 0. The fraction of sp³-hybridized carbons (Fsp3) is 0.167. The molecule has 0 unspecified atom stereocenters. The molecule has 0 bridgehead atoms. The van der Waals surface area contributed by atoms with Crippen LogP contribution in [0.3, 0.4) is 0 Å². The highest BCUT2D eigenvalue weighted by molar-refractivity contribution is 5.78. The van der Waals surface area contributed by atoms with E-state index in [1.54, 1.807) is 12.1 Å². The molecular weight excluding hydrogens is 295 g/mol. The van der Waals surface area contributed by atoms with E-state index in [-0.39, 0.29) is 18.3 Å². The zero-order valence-electron chi connectivity index (χ0n) is 13.2. The van der Waals surface area contributed by atoms with Crippen molar-refractivity contribution in [3.8, 4) is 5.75 Å². The Bertz CT molecular complexity index is 711. The number of ether oxygens (including phenoxy) is 1. The highest BCUT2D eigenvalue weighted by Crippen LogP contribution is 2.18. The van der Waals surface area contributed by atoms with Gasteiger partial charge in [-0.25, -0.2) is 4.39 Å². The van der Waals surface area contributed by atoms with Crippen LogP contribution in [0.2, 0.25) is 0 Å². The van der Waals surface area contributed by atoms with Crippen LogP contribution in [0.4, 0.5) is 4.39 Å². The van der Waals surface area contributed by atoms with Crippen molar-refractivity contribution in [2.75, 3.05) is 6.61 Å². The number of hydrogen-bond acceptors (Lipinski definition) is 3. The molecule has 0 radical (unpaired) electrons. The predicted octanol–water partition coefficient (Wildman–Crippen LogP) is 3.11. The van der Waals surface area contributed by atoms with Gasteiger partial charge in [0.15, 0.2) is 6.61 Å². The summed E-state index contributed by atoms with van der Waals surface area (Å²) in [5, 5.41) is 0. The number of hydrazine groups is 1. The van der Waals surface area contributed by atoms with Gasteiger partial charge in [-0.15, -0.1) is 0 Å². The molecule has 0 spiro atoms. The van der Waals surface area contributed by atoms with Crippen LogP contribution >= 0.6 is 0 Å². The Labute approximate surface area is 134 Å². The highest BCUT2D eigenvalue weighted by Gasteiger charge is 2.06. The normalized spacial score (nSPS) is 10.0. The first-order chi connectivity index (χ1) is 11.0. The topological polar surface area (TPSA) is 50.4 Å². The lowest BCUT2D eigenvalue weighted by Crippen LogP contribution is -2.39. The van der Waals surface area contributed by atoms with E-state index in [9.17, 15) is 9.18 Å². The zero-order chi connectivity index (χ0) is 16.8. The van der Waals surface area contributed by atoms with E-state index >= 15 is 0 Å². The minimum Gasteiger partial charge on any atom is -0.483 e. The molecule has 120 valence electrons. The molecule has 2 aromatic carbocycles. The second-order valence-electron chi connectivity index (χ2n) is 5.22. The zero-order valence-corrected chi connectivity index (χ0v) is 13.2. The van der Waals surface area contributed by atoms with Crippen LogP contribution in [0.1, 0.15) is 16.7 Å². The van der Waals surface area contributed by atoms with Gasteiger partial charge in [-0.05, 0) is 55.3 Å². The van der Waals surface area contributed by atoms with Gasteiger partial charge in [-0.1, -0.05) is 24.3 Å². The summed E-state index contributed by atoms with van der Waals surface area (Å²) in [5.41, 5.74) is 8.43. The van der Waals surface area contributed by atoms with Crippen LogP contribution in [0.25, 0.3) is 5.70 Å². The molecule has 0 saturated heterocycles. The Kier molecular flexibility index (Phi) is 5.36. The summed E-state index contributed by atoms with van der Waals surface area (Å²) in [7, 11) is 0.